The smallest absolute Gasteiger partial charge is 0.240 e. The molecule has 2 aromatic rings. The number of piperidine rings is 1. The van der Waals surface area contributed by atoms with Crippen molar-refractivity contribution >= 4 is 22.4 Å². The van der Waals surface area contributed by atoms with E-state index in [1.807, 2.05) is 24.1 Å². The van der Waals surface area contributed by atoms with E-state index in [9.17, 15) is 4.79 Å². The minimum absolute atomic E-state index is 0.0259. The van der Waals surface area contributed by atoms with Crippen molar-refractivity contribution in [1.29, 1.82) is 0 Å². The largest absolute Gasteiger partial charge is 0.337 e. The molecule has 1 aliphatic rings. The molecule has 0 spiro atoms. The zero-order valence-corrected chi connectivity index (χ0v) is 12.6. The van der Waals surface area contributed by atoms with E-state index >= 15 is 0 Å². The minimum atomic E-state index is 0.0259. The molecule has 1 N–H and O–H groups in total. The molecule has 3 rings (SSSR count). The lowest BCUT2D eigenvalue weighted by atomic mass is 9.97. The second-order valence-electron chi connectivity index (χ2n) is 5.36. The predicted octanol–water partition coefficient (Wildman–Crippen LogP) is 1.69. The molecule has 0 radical (unpaired) electrons. The molecular formula is C14H19N5OS. The molecule has 21 heavy (non-hydrogen) atoms. The second kappa shape index (κ2) is 6.82. The number of nitrogens with one attached hydrogen (secondary N) is 1. The molecule has 1 fully saturated rings. The van der Waals surface area contributed by atoms with Crippen LogP contribution in [0.1, 0.15) is 12.8 Å². The van der Waals surface area contributed by atoms with Crippen molar-refractivity contribution in [2.45, 2.75) is 19.4 Å². The molecule has 6 nitrogen and oxygen atoms in total. The fourth-order valence-corrected chi connectivity index (χ4v) is 3.21. The van der Waals surface area contributed by atoms with E-state index in [1.54, 1.807) is 6.20 Å². The Balaban J connectivity index is 1.40. The zero-order chi connectivity index (χ0) is 14.5. The van der Waals surface area contributed by atoms with Gasteiger partial charge in [0.2, 0.25) is 5.91 Å². The topological polar surface area (TPSA) is 63.1 Å². The standard InChI is InChI=1S/C14H19N5OS/c20-13(17-14-16-4-8-21-14)10-18-5-1-12(2-6-18)9-19-7-3-15-11-19/h3-4,7-8,11-12H,1-2,5-6,9-10H2,(H,16,17,20). The average Bonchev–Trinajstić information content (AvgIpc) is 3.14. The molecule has 0 aromatic carbocycles. The monoisotopic (exact) mass is 305 g/mol. The molecular weight excluding hydrogens is 286 g/mol. The van der Waals surface area contributed by atoms with E-state index in [4.69, 9.17) is 0 Å². The van der Waals surface area contributed by atoms with E-state index in [1.165, 1.54) is 11.3 Å². The van der Waals surface area contributed by atoms with Gasteiger partial charge in [0.25, 0.3) is 0 Å². The summed E-state index contributed by atoms with van der Waals surface area (Å²) in [6, 6.07) is 0. The summed E-state index contributed by atoms with van der Waals surface area (Å²) in [4.78, 5) is 22.3. The van der Waals surface area contributed by atoms with Gasteiger partial charge in [-0.15, -0.1) is 11.3 Å². The van der Waals surface area contributed by atoms with Gasteiger partial charge in [0, 0.05) is 30.5 Å². The lowest BCUT2D eigenvalue weighted by molar-refractivity contribution is -0.117. The minimum Gasteiger partial charge on any atom is -0.337 e. The van der Waals surface area contributed by atoms with Crippen LogP contribution in [0.2, 0.25) is 0 Å². The average molecular weight is 305 g/mol. The molecule has 0 atom stereocenters. The summed E-state index contributed by atoms with van der Waals surface area (Å²) in [6.07, 6.45) is 9.65. The second-order valence-corrected chi connectivity index (χ2v) is 6.26. The number of carbonyl (C=O) groups is 1. The Labute approximate surface area is 127 Å². The molecule has 1 saturated heterocycles. The number of amides is 1. The van der Waals surface area contributed by atoms with Crippen LogP contribution in [-0.4, -0.2) is 45.0 Å². The van der Waals surface area contributed by atoms with Crippen LogP contribution in [0.15, 0.2) is 30.3 Å². The Morgan fingerprint density at radius 3 is 2.90 bits per heavy atom. The van der Waals surface area contributed by atoms with Gasteiger partial charge < -0.3 is 9.88 Å². The van der Waals surface area contributed by atoms with Gasteiger partial charge in [0.05, 0.1) is 12.9 Å². The van der Waals surface area contributed by atoms with Gasteiger partial charge >= 0.3 is 0 Å². The highest BCUT2D eigenvalue weighted by atomic mass is 32.1. The summed E-state index contributed by atoms with van der Waals surface area (Å²) in [5, 5.41) is 5.37. The first-order chi connectivity index (χ1) is 10.3. The van der Waals surface area contributed by atoms with Crippen molar-refractivity contribution < 1.29 is 4.79 Å². The van der Waals surface area contributed by atoms with E-state index in [0.29, 0.717) is 17.6 Å². The lowest BCUT2D eigenvalue weighted by Gasteiger charge is -2.31. The van der Waals surface area contributed by atoms with E-state index < -0.39 is 0 Å². The summed E-state index contributed by atoms with van der Waals surface area (Å²) in [6.45, 7) is 3.44. The first-order valence-corrected chi connectivity index (χ1v) is 8.05. The van der Waals surface area contributed by atoms with Gasteiger partial charge in [0.1, 0.15) is 0 Å². The van der Waals surface area contributed by atoms with Crippen molar-refractivity contribution in [1.82, 2.24) is 19.4 Å². The Hall–Kier alpha value is -1.73. The third-order valence-corrected chi connectivity index (χ3v) is 4.47. The molecule has 7 heteroatoms. The number of thiazole rings is 1. The van der Waals surface area contributed by atoms with Crippen LogP contribution in [-0.2, 0) is 11.3 Å². The van der Waals surface area contributed by atoms with E-state index in [2.05, 4.69) is 24.8 Å². The molecule has 3 heterocycles. The van der Waals surface area contributed by atoms with Crippen molar-refractivity contribution in [2.24, 2.45) is 5.92 Å². The van der Waals surface area contributed by atoms with E-state index in [-0.39, 0.29) is 5.91 Å². The van der Waals surface area contributed by atoms with Gasteiger partial charge in [-0.1, -0.05) is 0 Å². The van der Waals surface area contributed by atoms with Crippen LogP contribution in [0.3, 0.4) is 0 Å². The molecule has 0 unspecified atom stereocenters. The number of likely N-dealkylation sites (tertiary alicyclic amines) is 1. The summed E-state index contributed by atoms with van der Waals surface area (Å²) in [5.41, 5.74) is 0. The van der Waals surface area contributed by atoms with Crippen LogP contribution in [0, 0.1) is 5.92 Å². The number of nitrogens with zero attached hydrogens (tertiary/aromatic N) is 4. The Kier molecular flexibility index (Phi) is 4.62. The maximum Gasteiger partial charge on any atom is 0.240 e. The maximum absolute atomic E-state index is 11.9. The molecule has 1 amide bonds. The van der Waals surface area contributed by atoms with Gasteiger partial charge in [-0.2, -0.15) is 0 Å². The summed E-state index contributed by atoms with van der Waals surface area (Å²) in [5.74, 6) is 0.704. The van der Waals surface area contributed by atoms with Crippen molar-refractivity contribution in [3.63, 3.8) is 0 Å². The first kappa shape index (κ1) is 14.2. The third-order valence-electron chi connectivity index (χ3n) is 3.78. The van der Waals surface area contributed by atoms with Gasteiger partial charge in [-0.05, 0) is 31.8 Å². The quantitative estimate of drug-likeness (QED) is 0.913. The molecule has 2 aromatic heterocycles. The predicted molar refractivity (Wildman–Crippen MR) is 82.1 cm³/mol. The number of rotatable bonds is 5. The Morgan fingerprint density at radius 2 is 2.24 bits per heavy atom. The van der Waals surface area contributed by atoms with Gasteiger partial charge in [-0.25, -0.2) is 9.97 Å². The van der Waals surface area contributed by atoms with Crippen LogP contribution < -0.4 is 5.32 Å². The normalized spacial score (nSPS) is 17.0. The van der Waals surface area contributed by atoms with Crippen LogP contribution in [0.4, 0.5) is 5.13 Å². The van der Waals surface area contributed by atoms with Crippen molar-refractivity contribution in [3.8, 4) is 0 Å². The fraction of sp³-hybridized carbons (Fsp3) is 0.500. The van der Waals surface area contributed by atoms with Crippen LogP contribution in [0.5, 0.6) is 0 Å². The summed E-state index contributed by atoms with van der Waals surface area (Å²) < 4.78 is 2.13. The van der Waals surface area contributed by atoms with Crippen molar-refractivity contribution in [2.75, 3.05) is 25.0 Å². The maximum atomic E-state index is 11.9. The lowest BCUT2D eigenvalue weighted by Crippen LogP contribution is -2.39. The first-order valence-electron chi connectivity index (χ1n) is 7.17. The molecule has 0 saturated carbocycles. The van der Waals surface area contributed by atoms with Crippen LogP contribution >= 0.6 is 11.3 Å². The van der Waals surface area contributed by atoms with Gasteiger partial charge in [-0.3, -0.25) is 9.69 Å². The zero-order valence-electron chi connectivity index (χ0n) is 11.8. The summed E-state index contributed by atoms with van der Waals surface area (Å²) >= 11 is 1.45. The number of hydrogen-bond acceptors (Lipinski definition) is 5. The molecule has 1 aliphatic heterocycles. The molecule has 112 valence electrons. The third kappa shape index (κ3) is 4.12. The Bertz CT molecular complexity index is 546. The number of carbonyl (C=O) groups excluding carboxylic acids is 1. The Morgan fingerprint density at radius 1 is 1.38 bits per heavy atom. The highest BCUT2D eigenvalue weighted by Gasteiger charge is 2.21. The molecule has 0 aliphatic carbocycles. The molecule has 0 bridgehead atoms. The fourth-order valence-electron chi connectivity index (χ4n) is 2.67. The SMILES string of the molecule is O=C(CN1CCC(Cn2ccnc2)CC1)Nc1nccs1. The highest BCUT2D eigenvalue weighted by Crippen LogP contribution is 2.19. The summed E-state index contributed by atoms with van der Waals surface area (Å²) in [7, 11) is 0. The number of imidazole rings is 1. The van der Waals surface area contributed by atoms with E-state index in [0.717, 1.165) is 32.5 Å². The van der Waals surface area contributed by atoms with Crippen LogP contribution in [0.25, 0.3) is 0 Å². The number of anilines is 1. The van der Waals surface area contributed by atoms with Crippen molar-refractivity contribution in [3.05, 3.63) is 30.3 Å². The number of hydrogen-bond donors (Lipinski definition) is 1. The highest BCUT2D eigenvalue weighted by molar-refractivity contribution is 7.13. The number of aromatic nitrogens is 3. The van der Waals surface area contributed by atoms with Gasteiger partial charge in [0.15, 0.2) is 5.13 Å².